The standard InChI is InChI=1S/C39H51F2N5O8S/c1-22-9-7-8-10-25-19-39(25,36(50)45-55(51,52)38(21-40)12-13-38)44-32(47)29-17-26(54-33-27-18-28(41)30(53-6)16-24(27)11-14-42-33)20-46(29)34(48)31(23(2)15-22)43-35(49)37(3,4)5/h8,10-11,14,16,18,22-23,25-26,29,31H,7,9,12-13,15,17,19-21H2,1-6H3,(H,43,49)(H,44,47)(H,45,50). The van der Waals surface area contributed by atoms with Gasteiger partial charge in [-0.15, -0.1) is 0 Å². The van der Waals surface area contributed by atoms with Crippen molar-refractivity contribution in [2.45, 2.75) is 108 Å². The monoisotopic (exact) mass is 787 g/mol. The Kier molecular flexibility index (Phi) is 11.0. The Bertz CT molecular complexity index is 2000. The maximum Gasteiger partial charge on any atom is 0.259 e. The molecular weight excluding hydrogens is 737 g/mol. The first kappa shape index (κ1) is 40.3. The van der Waals surface area contributed by atoms with Crippen molar-refractivity contribution in [2.24, 2.45) is 23.2 Å². The third kappa shape index (κ3) is 8.01. The molecule has 7 atom stereocenters. The Balaban J connectivity index is 1.36. The van der Waals surface area contributed by atoms with Crippen LogP contribution in [-0.4, -0.2) is 90.7 Å². The Labute approximate surface area is 320 Å². The summed E-state index contributed by atoms with van der Waals surface area (Å²) in [4.78, 5) is 62.1. The highest BCUT2D eigenvalue weighted by Crippen LogP contribution is 2.48. The van der Waals surface area contributed by atoms with Gasteiger partial charge in [-0.25, -0.2) is 22.2 Å². The molecule has 16 heteroatoms. The van der Waals surface area contributed by atoms with Crippen LogP contribution in [0, 0.1) is 29.0 Å². The summed E-state index contributed by atoms with van der Waals surface area (Å²) in [7, 11) is -3.05. The van der Waals surface area contributed by atoms with Gasteiger partial charge in [0.25, 0.3) is 5.91 Å². The summed E-state index contributed by atoms with van der Waals surface area (Å²) in [5, 5.41) is 6.67. The molecule has 1 aromatic heterocycles. The summed E-state index contributed by atoms with van der Waals surface area (Å²) < 4.78 is 66.8. The molecule has 55 heavy (non-hydrogen) atoms. The maximum absolute atomic E-state index is 14.9. The smallest absolute Gasteiger partial charge is 0.259 e. The summed E-state index contributed by atoms with van der Waals surface area (Å²) in [6.45, 7) is 7.88. The lowest BCUT2D eigenvalue weighted by Crippen LogP contribution is -2.60. The number of methoxy groups -OCH3 is 1. The highest BCUT2D eigenvalue weighted by Gasteiger charge is 2.64. The van der Waals surface area contributed by atoms with Crippen molar-refractivity contribution in [3.8, 4) is 11.6 Å². The molecule has 3 fully saturated rings. The predicted molar refractivity (Wildman–Crippen MR) is 199 cm³/mol. The molecule has 4 aliphatic rings. The van der Waals surface area contributed by atoms with Gasteiger partial charge in [-0.2, -0.15) is 0 Å². The molecule has 4 amide bonds. The molecule has 13 nitrogen and oxygen atoms in total. The molecule has 6 rings (SSSR count). The number of ether oxygens (including phenoxy) is 2. The third-order valence-corrected chi connectivity index (χ3v) is 13.6. The van der Waals surface area contributed by atoms with Gasteiger partial charge in [0.05, 0.1) is 13.7 Å². The number of allylic oxidation sites excluding steroid dienone is 1. The summed E-state index contributed by atoms with van der Waals surface area (Å²) in [5.74, 6) is -3.90. The quantitative estimate of drug-likeness (QED) is 0.333. The Hall–Kier alpha value is -4.34. The molecule has 0 bridgehead atoms. The number of amides is 4. The average Bonchev–Trinajstić information content (AvgIpc) is 4.02. The molecule has 3 N–H and O–H groups in total. The van der Waals surface area contributed by atoms with Crippen molar-refractivity contribution >= 4 is 44.4 Å². The van der Waals surface area contributed by atoms with Gasteiger partial charge < -0.3 is 25.0 Å². The number of benzene rings is 1. The molecular formula is C39H51F2N5O8S. The number of carbonyl (C=O) groups is 4. The molecule has 2 aliphatic heterocycles. The van der Waals surface area contributed by atoms with Gasteiger partial charge >= 0.3 is 0 Å². The minimum atomic E-state index is -4.40. The summed E-state index contributed by atoms with van der Waals surface area (Å²) >= 11 is 0. The number of nitrogens with zero attached hydrogens (tertiary/aromatic N) is 2. The minimum absolute atomic E-state index is 0.0291. The second kappa shape index (κ2) is 15.0. The Morgan fingerprint density at radius 1 is 1.15 bits per heavy atom. The second-order valence-electron chi connectivity index (χ2n) is 16.9. The first-order valence-corrected chi connectivity index (χ1v) is 20.3. The highest BCUT2D eigenvalue weighted by molar-refractivity contribution is 7.91. The van der Waals surface area contributed by atoms with Gasteiger partial charge in [-0.05, 0) is 73.9 Å². The van der Waals surface area contributed by atoms with Crippen molar-refractivity contribution in [3.05, 3.63) is 42.4 Å². The minimum Gasteiger partial charge on any atom is -0.494 e. The lowest BCUT2D eigenvalue weighted by Gasteiger charge is -2.34. The number of rotatable bonds is 8. The lowest BCUT2D eigenvalue weighted by molar-refractivity contribution is -0.144. The average molecular weight is 788 g/mol. The van der Waals surface area contributed by atoms with Gasteiger partial charge in [0.2, 0.25) is 33.6 Å². The molecule has 2 aliphatic carbocycles. The van der Waals surface area contributed by atoms with Crippen LogP contribution in [0.4, 0.5) is 8.78 Å². The fraction of sp³-hybridized carbons (Fsp3) is 0.615. The van der Waals surface area contributed by atoms with Gasteiger partial charge in [0, 0.05) is 29.3 Å². The van der Waals surface area contributed by atoms with Crippen molar-refractivity contribution in [1.29, 1.82) is 0 Å². The summed E-state index contributed by atoms with van der Waals surface area (Å²) in [6, 6.07) is 2.15. The topological polar surface area (TPSA) is 173 Å². The van der Waals surface area contributed by atoms with E-state index in [0.717, 1.165) is 6.42 Å². The fourth-order valence-electron chi connectivity index (χ4n) is 7.66. The lowest BCUT2D eigenvalue weighted by atomic mass is 9.86. The van der Waals surface area contributed by atoms with Gasteiger partial charge in [-0.1, -0.05) is 46.8 Å². The molecule has 1 aromatic carbocycles. The zero-order valence-corrected chi connectivity index (χ0v) is 32.9. The maximum atomic E-state index is 14.9. The normalized spacial score (nSPS) is 29.6. The second-order valence-corrected chi connectivity index (χ2v) is 18.9. The number of sulfonamides is 1. The van der Waals surface area contributed by atoms with Gasteiger partial charge in [-0.3, -0.25) is 23.9 Å². The van der Waals surface area contributed by atoms with Crippen LogP contribution in [0.15, 0.2) is 36.5 Å². The molecule has 0 spiro atoms. The van der Waals surface area contributed by atoms with Crippen molar-refractivity contribution < 1.29 is 45.9 Å². The molecule has 2 aromatic rings. The van der Waals surface area contributed by atoms with E-state index in [1.165, 1.54) is 30.3 Å². The van der Waals surface area contributed by atoms with Crippen molar-refractivity contribution in [1.82, 2.24) is 25.2 Å². The Morgan fingerprint density at radius 2 is 1.87 bits per heavy atom. The van der Waals surface area contributed by atoms with Crippen molar-refractivity contribution in [3.63, 3.8) is 0 Å². The zero-order chi connectivity index (χ0) is 40.1. The summed E-state index contributed by atoms with van der Waals surface area (Å²) in [5.41, 5.74) is -2.51. The number of nitrogens with one attached hydrogen (secondary N) is 3. The number of fused-ring (bicyclic) bond motifs is 3. The molecule has 300 valence electrons. The fourth-order valence-corrected chi connectivity index (χ4v) is 9.09. The molecule has 3 heterocycles. The van der Waals surface area contributed by atoms with E-state index >= 15 is 0 Å². The van der Waals surface area contributed by atoms with Crippen LogP contribution in [0.3, 0.4) is 0 Å². The van der Waals surface area contributed by atoms with Crippen LogP contribution in [0.1, 0.15) is 79.6 Å². The SMILES string of the molecule is COc1cc2ccnc(OC3CC4C(=O)NC5(C(=O)NS(=O)(=O)C6(CF)CC6)CC5C=CCCC(C)CC(C)C(NC(=O)C(C)(C)C)C(=O)N4C3)c2cc1F. The number of hydrogen-bond acceptors (Lipinski definition) is 9. The highest BCUT2D eigenvalue weighted by atomic mass is 32.2. The van der Waals surface area contributed by atoms with E-state index in [1.807, 2.05) is 13.0 Å². The van der Waals surface area contributed by atoms with E-state index in [2.05, 4.69) is 27.3 Å². The number of alkyl halides is 1. The van der Waals surface area contributed by atoms with E-state index < -0.39 is 80.0 Å². The molecule has 7 unspecified atom stereocenters. The third-order valence-electron chi connectivity index (χ3n) is 11.5. The van der Waals surface area contributed by atoms with E-state index in [9.17, 15) is 36.4 Å². The first-order chi connectivity index (χ1) is 25.8. The first-order valence-electron chi connectivity index (χ1n) is 18.9. The van der Waals surface area contributed by atoms with Crippen LogP contribution in [0.25, 0.3) is 10.8 Å². The van der Waals surface area contributed by atoms with E-state index in [-0.39, 0.29) is 61.6 Å². The zero-order valence-electron chi connectivity index (χ0n) is 32.1. The number of halogens is 2. The largest absolute Gasteiger partial charge is 0.494 e. The summed E-state index contributed by atoms with van der Waals surface area (Å²) in [6.07, 6.45) is 6.44. The van der Waals surface area contributed by atoms with Crippen LogP contribution in [0.5, 0.6) is 11.6 Å². The number of pyridine rings is 1. The van der Waals surface area contributed by atoms with Gasteiger partial charge in [0.15, 0.2) is 11.6 Å². The molecule has 0 radical (unpaired) electrons. The van der Waals surface area contributed by atoms with E-state index in [0.29, 0.717) is 23.6 Å². The van der Waals surface area contributed by atoms with Gasteiger partial charge in [0.1, 0.15) is 35.1 Å². The Morgan fingerprint density at radius 3 is 2.53 bits per heavy atom. The van der Waals surface area contributed by atoms with Crippen LogP contribution in [0.2, 0.25) is 0 Å². The van der Waals surface area contributed by atoms with Crippen LogP contribution >= 0.6 is 0 Å². The van der Waals surface area contributed by atoms with Crippen LogP contribution in [-0.2, 0) is 29.2 Å². The predicted octanol–water partition coefficient (Wildman–Crippen LogP) is 4.10. The number of aromatic nitrogens is 1. The molecule has 1 saturated heterocycles. The van der Waals surface area contributed by atoms with Crippen LogP contribution < -0.4 is 24.8 Å². The number of carbonyl (C=O) groups excluding carboxylic acids is 4. The van der Waals surface area contributed by atoms with E-state index in [1.54, 1.807) is 32.9 Å². The van der Waals surface area contributed by atoms with Crippen molar-refractivity contribution in [2.75, 3.05) is 20.3 Å². The molecule has 2 saturated carbocycles. The van der Waals surface area contributed by atoms with E-state index in [4.69, 9.17) is 9.47 Å². The number of hydrogen-bond donors (Lipinski definition) is 3.